The Bertz CT molecular complexity index is 446. The second kappa shape index (κ2) is 5.35. The minimum absolute atomic E-state index is 0.215. The minimum atomic E-state index is -0.923. The van der Waals surface area contributed by atoms with Crippen molar-refractivity contribution in [2.24, 2.45) is 0 Å². The van der Waals surface area contributed by atoms with E-state index in [9.17, 15) is 9.18 Å². The van der Waals surface area contributed by atoms with Crippen molar-refractivity contribution in [2.75, 3.05) is 7.11 Å². The van der Waals surface area contributed by atoms with Crippen LogP contribution in [0, 0.1) is 5.82 Å². The smallest absolute Gasteiger partial charge is 0.321 e. The van der Waals surface area contributed by atoms with E-state index in [0.717, 1.165) is 12.8 Å². The first-order valence-electron chi connectivity index (χ1n) is 5.91. The molecule has 1 aromatic rings. The normalized spacial score (nSPS) is 16.3. The lowest BCUT2D eigenvalue weighted by Crippen LogP contribution is -2.39. The molecule has 1 atom stereocenters. The molecule has 0 aliphatic heterocycles. The van der Waals surface area contributed by atoms with Crippen molar-refractivity contribution in [3.8, 4) is 5.75 Å². The number of rotatable bonds is 6. The zero-order chi connectivity index (χ0) is 13.1. The molecule has 98 valence electrons. The summed E-state index contributed by atoms with van der Waals surface area (Å²) in [5, 5.41) is 12.2. The Labute approximate surface area is 105 Å². The van der Waals surface area contributed by atoms with E-state index in [1.54, 1.807) is 0 Å². The highest BCUT2D eigenvalue weighted by Gasteiger charge is 2.28. The molecule has 1 unspecified atom stereocenters. The van der Waals surface area contributed by atoms with Gasteiger partial charge in [-0.15, -0.1) is 0 Å². The highest BCUT2D eigenvalue weighted by Crippen LogP contribution is 2.24. The number of aliphatic carboxylic acids is 1. The van der Waals surface area contributed by atoms with Gasteiger partial charge in [-0.05, 0) is 36.6 Å². The number of carbonyl (C=O) groups is 1. The number of hydrogen-bond acceptors (Lipinski definition) is 3. The van der Waals surface area contributed by atoms with Crippen LogP contribution in [0.3, 0.4) is 0 Å². The molecular weight excluding hydrogens is 237 g/mol. The molecule has 0 aromatic heterocycles. The summed E-state index contributed by atoms with van der Waals surface area (Å²) in [4.78, 5) is 11.2. The lowest BCUT2D eigenvalue weighted by atomic mass is 10.0. The summed E-state index contributed by atoms with van der Waals surface area (Å²) >= 11 is 0. The third kappa shape index (κ3) is 3.20. The fourth-order valence-corrected chi connectivity index (χ4v) is 1.88. The molecule has 2 N–H and O–H groups in total. The molecule has 0 heterocycles. The van der Waals surface area contributed by atoms with Crippen LogP contribution in [0.4, 0.5) is 4.39 Å². The van der Waals surface area contributed by atoms with Crippen LogP contribution in [-0.2, 0) is 11.2 Å². The van der Waals surface area contributed by atoms with Crippen LogP contribution in [0.5, 0.6) is 5.75 Å². The van der Waals surface area contributed by atoms with Gasteiger partial charge in [-0.25, -0.2) is 4.39 Å². The van der Waals surface area contributed by atoms with Crippen molar-refractivity contribution in [1.29, 1.82) is 0 Å². The van der Waals surface area contributed by atoms with E-state index in [2.05, 4.69) is 5.32 Å². The summed E-state index contributed by atoms with van der Waals surface area (Å²) in [6, 6.07) is 3.72. The molecule has 2 rings (SSSR count). The van der Waals surface area contributed by atoms with E-state index in [-0.39, 0.29) is 18.3 Å². The third-order valence-electron chi connectivity index (χ3n) is 2.98. The van der Waals surface area contributed by atoms with E-state index in [1.165, 1.54) is 25.3 Å². The van der Waals surface area contributed by atoms with Gasteiger partial charge in [0, 0.05) is 12.5 Å². The Morgan fingerprint density at radius 3 is 2.89 bits per heavy atom. The van der Waals surface area contributed by atoms with E-state index in [4.69, 9.17) is 9.84 Å². The van der Waals surface area contributed by atoms with E-state index >= 15 is 0 Å². The van der Waals surface area contributed by atoms with E-state index in [0.29, 0.717) is 11.3 Å². The van der Waals surface area contributed by atoms with Crippen LogP contribution >= 0.6 is 0 Å². The zero-order valence-corrected chi connectivity index (χ0v) is 10.1. The van der Waals surface area contributed by atoms with Gasteiger partial charge in [0.25, 0.3) is 0 Å². The Kier molecular flexibility index (Phi) is 3.81. The van der Waals surface area contributed by atoms with Crippen molar-refractivity contribution < 1.29 is 19.0 Å². The molecule has 18 heavy (non-hydrogen) atoms. The molecule has 1 fully saturated rings. The van der Waals surface area contributed by atoms with Crippen molar-refractivity contribution in [3.05, 3.63) is 29.6 Å². The molecule has 1 aromatic carbocycles. The van der Waals surface area contributed by atoms with Crippen LogP contribution in [-0.4, -0.2) is 30.3 Å². The average molecular weight is 253 g/mol. The number of nitrogens with one attached hydrogen (secondary N) is 1. The predicted molar refractivity (Wildman–Crippen MR) is 64.2 cm³/mol. The maximum Gasteiger partial charge on any atom is 0.321 e. The Morgan fingerprint density at radius 1 is 1.61 bits per heavy atom. The quantitative estimate of drug-likeness (QED) is 0.808. The maximum absolute atomic E-state index is 13.2. The Balaban J connectivity index is 2.13. The van der Waals surface area contributed by atoms with Gasteiger partial charge in [-0.2, -0.15) is 0 Å². The maximum atomic E-state index is 13.2. The van der Waals surface area contributed by atoms with Gasteiger partial charge in [-0.1, -0.05) is 0 Å². The zero-order valence-electron chi connectivity index (χ0n) is 10.1. The number of benzene rings is 1. The fraction of sp³-hybridized carbons (Fsp3) is 0.462. The first-order valence-corrected chi connectivity index (χ1v) is 5.91. The molecule has 0 amide bonds. The monoisotopic (exact) mass is 253 g/mol. The molecule has 5 heteroatoms. The summed E-state index contributed by atoms with van der Waals surface area (Å²) in [7, 11) is 1.49. The van der Waals surface area contributed by atoms with Crippen molar-refractivity contribution >= 4 is 5.97 Å². The highest BCUT2D eigenvalue weighted by molar-refractivity contribution is 5.74. The Hall–Kier alpha value is -1.62. The van der Waals surface area contributed by atoms with Gasteiger partial charge in [0.1, 0.15) is 17.6 Å². The van der Waals surface area contributed by atoms with Crippen molar-refractivity contribution in [1.82, 2.24) is 5.32 Å². The topological polar surface area (TPSA) is 58.6 Å². The fourth-order valence-electron chi connectivity index (χ4n) is 1.88. The number of ether oxygens (including phenoxy) is 1. The summed E-state index contributed by atoms with van der Waals surface area (Å²) in [6.07, 6.45) is 2.22. The average Bonchev–Trinajstić information content (AvgIpc) is 3.12. The molecule has 1 saturated carbocycles. The van der Waals surface area contributed by atoms with E-state index in [1.807, 2.05) is 0 Å². The van der Waals surface area contributed by atoms with Gasteiger partial charge in [-0.3, -0.25) is 4.79 Å². The van der Waals surface area contributed by atoms with Gasteiger partial charge in [0.05, 0.1) is 7.11 Å². The summed E-state index contributed by atoms with van der Waals surface area (Å²) in [5.41, 5.74) is 0.568. The Morgan fingerprint density at radius 2 is 2.33 bits per heavy atom. The van der Waals surface area contributed by atoms with Crippen LogP contribution < -0.4 is 10.1 Å². The molecule has 0 bridgehead atoms. The SMILES string of the molecule is COc1ccc(F)cc1CC(NC1CC1)C(=O)O. The molecule has 0 spiro atoms. The highest BCUT2D eigenvalue weighted by atomic mass is 19.1. The number of carboxylic acid groups (broad SMARTS) is 1. The van der Waals surface area contributed by atoms with Crippen LogP contribution in [0.1, 0.15) is 18.4 Å². The second-order valence-electron chi connectivity index (χ2n) is 4.49. The van der Waals surface area contributed by atoms with Gasteiger partial charge in [0.2, 0.25) is 0 Å². The standard InChI is InChI=1S/C13H16FNO3/c1-18-12-5-2-9(14)6-8(12)7-11(13(16)17)15-10-3-4-10/h2,5-6,10-11,15H,3-4,7H2,1H3,(H,16,17). The van der Waals surface area contributed by atoms with Gasteiger partial charge in [0.15, 0.2) is 0 Å². The summed E-state index contributed by atoms with van der Waals surface area (Å²) in [5.74, 6) is -0.796. The number of methoxy groups -OCH3 is 1. The van der Waals surface area contributed by atoms with E-state index < -0.39 is 12.0 Å². The van der Waals surface area contributed by atoms with Crippen LogP contribution in [0.25, 0.3) is 0 Å². The summed E-state index contributed by atoms with van der Waals surface area (Å²) in [6.45, 7) is 0. The minimum Gasteiger partial charge on any atom is -0.496 e. The largest absolute Gasteiger partial charge is 0.496 e. The number of carboxylic acids is 1. The first-order chi connectivity index (χ1) is 8.60. The molecule has 4 nitrogen and oxygen atoms in total. The molecule has 0 saturated heterocycles. The molecule has 1 aliphatic rings. The lowest BCUT2D eigenvalue weighted by molar-refractivity contribution is -0.139. The van der Waals surface area contributed by atoms with Crippen LogP contribution in [0.15, 0.2) is 18.2 Å². The third-order valence-corrected chi connectivity index (χ3v) is 2.98. The predicted octanol–water partition coefficient (Wildman–Crippen LogP) is 1.58. The first kappa shape index (κ1) is 12.8. The van der Waals surface area contributed by atoms with Crippen LogP contribution in [0.2, 0.25) is 0 Å². The summed E-state index contributed by atoms with van der Waals surface area (Å²) < 4.78 is 18.3. The molecule has 0 radical (unpaired) electrons. The van der Waals surface area contributed by atoms with Crippen molar-refractivity contribution in [2.45, 2.75) is 31.3 Å². The number of hydrogen-bond donors (Lipinski definition) is 2. The lowest BCUT2D eigenvalue weighted by Gasteiger charge is -2.16. The van der Waals surface area contributed by atoms with Gasteiger partial charge >= 0.3 is 5.97 Å². The molecule has 1 aliphatic carbocycles. The van der Waals surface area contributed by atoms with Gasteiger partial charge < -0.3 is 15.2 Å². The molecular formula is C13H16FNO3. The second-order valence-corrected chi connectivity index (χ2v) is 4.49. The number of halogens is 1. The van der Waals surface area contributed by atoms with Crippen molar-refractivity contribution in [3.63, 3.8) is 0 Å².